The van der Waals surface area contributed by atoms with Crippen molar-refractivity contribution in [1.29, 1.82) is 0 Å². The number of rotatable bonds is 5. The average molecular weight is 395 g/mol. The second-order valence-corrected chi connectivity index (χ2v) is 7.28. The van der Waals surface area contributed by atoms with E-state index < -0.39 is 0 Å². The summed E-state index contributed by atoms with van der Waals surface area (Å²) in [4.78, 5) is 14.2. The fourth-order valence-electron chi connectivity index (χ4n) is 1.97. The maximum Gasteiger partial charge on any atom is 0.251 e. The number of amides is 1. The lowest BCUT2D eigenvalue weighted by atomic mass is 9.93. The summed E-state index contributed by atoms with van der Waals surface area (Å²) in [7, 11) is 4.06. The van der Waals surface area contributed by atoms with Gasteiger partial charge in [0.05, 0.1) is 5.02 Å². The first kappa shape index (κ1) is 16.7. The Labute approximate surface area is 133 Å². The number of nitrogens with zero attached hydrogens (tertiary/aromatic N) is 1. The summed E-state index contributed by atoms with van der Waals surface area (Å²) in [5.41, 5.74) is 0.637. The van der Waals surface area contributed by atoms with Crippen LogP contribution in [0.4, 0.5) is 0 Å². The minimum atomic E-state index is -0.0786. The van der Waals surface area contributed by atoms with Crippen LogP contribution < -0.4 is 5.32 Å². The van der Waals surface area contributed by atoms with Crippen LogP contribution in [0.1, 0.15) is 24.2 Å². The second kappa shape index (κ2) is 6.90. The third-order valence-corrected chi connectivity index (χ3v) is 4.23. The summed E-state index contributed by atoms with van der Waals surface area (Å²) < 4.78 is 0.948. The minimum Gasteiger partial charge on any atom is -0.351 e. The Morgan fingerprint density at radius 3 is 2.58 bits per heavy atom. The molecule has 5 heteroatoms. The Morgan fingerprint density at radius 1 is 1.42 bits per heavy atom. The fourth-order valence-corrected chi connectivity index (χ4v) is 2.49. The summed E-state index contributed by atoms with van der Waals surface area (Å²) in [6.45, 7) is 5.82. The van der Waals surface area contributed by atoms with E-state index in [1.807, 2.05) is 20.2 Å². The average Bonchev–Trinajstić information content (AvgIpc) is 2.28. The molecule has 1 N–H and O–H groups in total. The third kappa shape index (κ3) is 5.67. The zero-order chi connectivity index (χ0) is 14.6. The Morgan fingerprint density at radius 2 is 2.05 bits per heavy atom. The lowest BCUT2D eigenvalue weighted by Crippen LogP contribution is -2.39. The number of carbonyl (C=O) groups excluding carboxylic acids is 1. The highest BCUT2D eigenvalue weighted by atomic mass is 127. The van der Waals surface area contributed by atoms with Crippen LogP contribution in [-0.2, 0) is 0 Å². The molecule has 0 spiro atoms. The normalized spacial score (nSPS) is 11.7. The van der Waals surface area contributed by atoms with Gasteiger partial charge in [-0.3, -0.25) is 4.79 Å². The van der Waals surface area contributed by atoms with Gasteiger partial charge in [0.2, 0.25) is 0 Å². The maximum absolute atomic E-state index is 12.1. The van der Waals surface area contributed by atoms with E-state index in [1.165, 1.54) is 0 Å². The van der Waals surface area contributed by atoms with Crippen LogP contribution in [0.15, 0.2) is 18.2 Å². The monoisotopic (exact) mass is 394 g/mol. The predicted molar refractivity (Wildman–Crippen MR) is 88.8 cm³/mol. The van der Waals surface area contributed by atoms with Crippen LogP contribution in [-0.4, -0.2) is 38.0 Å². The molecule has 0 heterocycles. The first-order chi connectivity index (χ1) is 8.71. The highest BCUT2D eigenvalue weighted by Gasteiger charge is 2.20. The second-order valence-electron chi connectivity index (χ2n) is 5.71. The molecular formula is C14H20ClIN2O. The quantitative estimate of drug-likeness (QED) is 0.778. The molecule has 0 bridgehead atoms. The standard InChI is InChI=1S/C14H20ClIN2O/c1-14(2,9-18(3)4)8-17-13(19)10-5-6-12(16)11(15)7-10/h5-7H,8-9H2,1-4H3,(H,17,19). The molecular weight excluding hydrogens is 375 g/mol. The molecule has 0 aromatic heterocycles. The first-order valence-electron chi connectivity index (χ1n) is 6.09. The molecule has 0 atom stereocenters. The highest BCUT2D eigenvalue weighted by Crippen LogP contribution is 2.20. The van der Waals surface area contributed by atoms with Crippen molar-refractivity contribution < 1.29 is 4.79 Å². The molecule has 1 amide bonds. The van der Waals surface area contributed by atoms with E-state index in [4.69, 9.17) is 11.6 Å². The largest absolute Gasteiger partial charge is 0.351 e. The van der Waals surface area contributed by atoms with Crippen molar-refractivity contribution in [3.8, 4) is 0 Å². The Hall–Kier alpha value is -0.330. The molecule has 0 aliphatic carbocycles. The zero-order valence-electron chi connectivity index (χ0n) is 11.8. The Bertz CT molecular complexity index is 461. The number of hydrogen-bond donors (Lipinski definition) is 1. The molecule has 1 aromatic carbocycles. The first-order valence-corrected chi connectivity index (χ1v) is 7.55. The van der Waals surface area contributed by atoms with Crippen molar-refractivity contribution in [2.45, 2.75) is 13.8 Å². The lowest BCUT2D eigenvalue weighted by molar-refractivity contribution is 0.0929. The van der Waals surface area contributed by atoms with Gasteiger partial charge in [-0.2, -0.15) is 0 Å². The van der Waals surface area contributed by atoms with Gasteiger partial charge in [0.25, 0.3) is 5.91 Å². The molecule has 0 unspecified atom stereocenters. The summed E-state index contributed by atoms with van der Waals surface area (Å²) in [6.07, 6.45) is 0. The molecule has 0 aliphatic heterocycles. The van der Waals surface area contributed by atoms with Gasteiger partial charge in [-0.1, -0.05) is 25.4 Å². The summed E-state index contributed by atoms with van der Waals surface area (Å²) in [5, 5.41) is 3.58. The number of carbonyl (C=O) groups is 1. The number of nitrogens with one attached hydrogen (secondary N) is 1. The van der Waals surface area contributed by atoms with E-state index in [-0.39, 0.29) is 11.3 Å². The van der Waals surface area contributed by atoms with Crippen molar-refractivity contribution in [3.63, 3.8) is 0 Å². The van der Waals surface area contributed by atoms with Gasteiger partial charge in [0.1, 0.15) is 0 Å². The molecule has 106 valence electrons. The van der Waals surface area contributed by atoms with Gasteiger partial charge in [-0.15, -0.1) is 0 Å². The predicted octanol–water partition coefficient (Wildman–Crippen LogP) is 3.26. The van der Waals surface area contributed by atoms with E-state index in [2.05, 4.69) is 46.7 Å². The van der Waals surface area contributed by atoms with Gasteiger partial charge >= 0.3 is 0 Å². The van der Waals surface area contributed by atoms with Crippen molar-refractivity contribution in [3.05, 3.63) is 32.4 Å². The fraction of sp³-hybridized carbons (Fsp3) is 0.500. The van der Waals surface area contributed by atoms with E-state index >= 15 is 0 Å². The maximum atomic E-state index is 12.1. The van der Waals surface area contributed by atoms with Crippen LogP contribution in [0.5, 0.6) is 0 Å². The van der Waals surface area contributed by atoms with Gasteiger partial charge in [0.15, 0.2) is 0 Å². The lowest BCUT2D eigenvalue weighted by Gasteiger charge is -2.28. The Kier molecular flexibility index (Phi) is 6.08. The van der Waals surface area contributed by atoms with Crippen molar-refractivity contribution >= 4 is 40.1 Å². The van der Waals surface area contributed by atoms with Crippen molar-refractivity contribution in [1.82, 2.24) is 10.2 Å². The van der Waals surface area contributed by atoms with Gasteiger partial charge in [-0.25, -0.2) is 0 Å². The molecule has 0 fully saturated rings. The SMILES string of the molecule is CN(C)CC(C)(C)CNC(=O)c1ccc(I)c(Cl)c1. The van der Waals surface area contributed by atoms with Crippen molar-refractivity contribution in [2.24, 2.45) is 5.41 Å². The molecule has 0 saturated heterocycles. The summed E-state index contributed by atoms with van der Waals surface area (Å²) in [6, 6.07) is 5.35. The van der Waals surface area contributed by atoms with E-state index in [1.54, 1.807) is 12.1 Å². The third-order valence-electron chi connectivity index (χ3n) is 2.65. The topological polar surface area (TPSA) is 32.3 Å². The smallest absolute Gasteiger partial charge is 0.251 e. The van der Waals surface area contributed by atoms with Crippen LogP contribution in [0.2, 0.25) is 5.02 Å². The molecule has 0 aliphatic rings. The zero-order valence-corrected chi connectivity index (χ0v) is 14.7. The molecule has 0 saturated carbocycles. The van der Waals surface area contributed by atoms with Crippen LogP contribution in [0.3, 0.4) is 0 Å². The van der Waals surface area contributed by atoms with Gasteiger partial charge in [0, 0.05) is 22.2 Å². The van der Waals surface area contributed by atoms with Gasteiger partial charge in [-0.05, 0) is 60.3 Å². The molecule has 0 radical (unpaired) electrons. The molecule has 1 rings (SSSR count). The van der Waals surface area contributed by atoms with E-state index in [9.17, 15) is 4.79 Å². The number of benzene rings is 1. The Balaban J connectivity index is 2.62. The van der Waals surface area contributed by atoms with Crippen LogP contribution in [0.25, 0.3) is 0 Å². The number of hydrogen-bond acceptors (Lipinski definition) is 2. The minimum absolute atomic E-state index is 0.0339. The van der Waals surface area contributed by atoms with E-state index in [0.717, 1.165) is 10.1 Å². The summed E-state index contributed by atoms with van der Waals surface area (Å²) >= 11 is 8.17. The molecule has 19 heavy (non-hydrogen) atoms. The summed E-state index contributed by atoms with van der Waals surface area (Å²) in [5.74, 6) is -0.0786. The molecule has 1 aromatic rings. The van der Waals surface area contributed by atoms with Crippen molar-refractivity contribution in [2.75, 3.05) is 27.2 Å². The van der Waals surface area contributed by atoms with E-state index in [0.29, 0.717) is 17.1 Å². The van der Waals surface area contributed by atoms with Gasteiger partial charge < -0.3 is 10.2 Å². The highest BCUT2D eigenvalue weighted by molar-refractivity contribution is 14.1. The van der Waals surface area contributed by atoms with Crippen LogP contribution >= 0.6 is 34.2 Å². The number of halogens is 2. The van der Waals surface area contributed by atoms with Crippen LogP contribution in [0, 0.1) is 8.99 Å². The molecule has 3 nitrogen and oxygen atoms in total.